The Hall–Kier alpha value is -2.38. The molecule has 1 N–H and O–H groups in total. The highest BCUT2D eigenvalue weighted by molar-refractivity contribution is 5.81. The monoisotopic (exact) mass is 314 g/mol. The van der Waals surface area contributed by atoms with Crippen molar-refractivity contribution in [3.8, 4) is 0 Å². The highest BCUT2D eigenvalue weighted by Crippen LogP contribution is 2.31. The van der Waals surface area contributed by atoms with Crippen LogP contribution < -0.4 is 5.43 Å². The standard InChI is InChI=1S/C14H13F3N2O3/c1-7(2)19-11-5-8(14(15,16)17)3-4-9(11)13(22)10(18-19)6-12(20)21/h3-5,7H,6H2,1-2H3,(H,20,21). The van der Waals surface area contributed by atoms with Crippen molar-refractivity contribution in [2.24, 2.45) is 0 Å². The minimum atomic E-state index is -4.54. The van der Waals surface area contributed by atoms with E-state index >= 15 is 0 Å². The van der Waals surface area contributed by atoms with E-state index in [0.29, 0.717) is 0 Å². The van der Waals surface area contributed by atoms with Gasteiger partial charge in [0.1, 0.15) is 5.69 Å². The maximum Gasteiger partial charge on any atom is 0.416 e. The Kier molecular flexibility index (Phi) is 3.95. The fourth-order valence-corrected chi connectivity index (χ4v) is 2.13. The molecule has 22 heavy (non-hydrogen) atoms. The second-order valence-electron chi connectivity index (χ2n) is 5.11. The van der Waals surface area contributed by atoms with Crippen LogP contribution in [0.15, 0.2) is 23.0 Å². The van der Waals surface area contributed by atoms with Gasteiger partial charge in [0.2, 0.25) is 5.43 Å². The molecule has 2 rings (SSSR count). The van der Waals surface area contributed by atoms with Gasteiger partial charge in [-0.15, -0.1) is 0 Å². The molecule has 0 fully saturated rings. The Labute approximate surface area is 123 Å². The Morgan fingerprint density at radius 3 is 2.50 bits per heavy atom. The lowest BCUT2D eigenvalue weighted by Crippen LogP contribution is -2.23. The maximum atomic E-state index is 12.8. The second kappa shape index (κ2) is 5.43. The molecule has 0 amide bonds. The molecule has 1 heterocycles. The number of alkyl halides is 3. The van der Waals surface area contributed by atoms with Crippen molar-refractivity contribution in [3.05, 3.63) is 39.7 Å². The lowest BCUT2D eigenvalue weighted by molar-refractivity contribution is -0.138. The van der Waals surface area contributed by atoms with Gasteiger partial charge in [0.25, 0.3) is 0 Å². The van der Waals surface area contributed by atoms with Crippen LogP contribution >= 0.6 is 0 Å². The molecule has 0 bridgehead atoms. The SMILES string of the molecule is CC(C)n1nc(CC(=O)O)c(=O)c2ccc(C(F)(F)F)cc21. The van der Waals surface area contributed by atoms with Gasteiger partial charge in [-0.2, -0.15) is 18.3 Å². The van der Waals surface area contributed by atoms with Crippen molar-refractivity contribution >= 4 is 16.9 Å². The fourth-order valence-electron chi connectivity index (χ4n) is 2.13. The number of aromatic nitrogens is 2. The summed E-state index contributed by atoms with van der Waals surface area (Å²) in [5.41, 5.74) is -1.72. The zero-order chi connectivity index (χ0) is 16.7. The average Bonchev–Trinajstić information content (AvgIpc) is 2.39. The zero-order valence-corrected chi connectivity index (χ0v) is 11.8. The number of carboxylic acids is 1. The third-order valence-corrected chi connectivity index (χ3v) is 3.11. The number of rotatable bonds is 3. The van der Waals surface area contributed by atoms with Crippen molar-refractivity contribution in [1.29, 1.82) is 0 Å². The number of carbonyl (C=O) groups is 1. The summed E-state index contributed by atoms with van der Waals surface area (Å²) in [7, 11) is 0. The van der Waals surface area contributed by atoms with Gasteiger partial charge in [-0.3, -0.25) is 14.3 Å². The Morgan fingerprint density at radius 1 is 1.36 bits per heavy atom. The van der Waals surface area contributed by atoms with Gasteiger partial charge < -0.3 is 5.11 Å². The van der Waals surface area contributed by atoms with E-state index in [2.05, 4.69) is 5.10 Å². The molecule has 118 valence electrons. The van der Waals surface area contributed by atoms with Gasteiger partial charge in [0, 0.05) is 11.4 Å². The van der Waals surface area contributed by atoms with E-state index in [1.54, 1.807) is 13.8 Å². The summed E-state index contributed by atoms with van der Waals surface area (Å²) < 4.78 is 39.7. The minimum Gasteiger partial charge on any atom is -0.481 e. The summed E-state index contributed by atoms with van der Waals surface area (Å²) in [4.78, 5) is 23.0. The summed E-state index contributed by atoms with van der Waals surface area (Å²) in [6.45, 7) is 3.36. The maximum absolute atomic E-state index is 12.8. The van der Waals surface area contributed by atoms with E-state index in [1.807, 2.05) is 0 Å². The molecule has 0 saturated carbocycles. The van der Waals surface area contributed by atoms with Crippen LogP contribution in [0.3, 0.4) is 0 Å². The van der Waals surface area contributed by atoms with Crippen LogP contribution in [-0.4, -0.2) is 20.9 Å². The normalized spacial score (nSPS) is 12.1. The van der Waals surface area contributed by atoms with Crippen LogP contribution in [0.4, 0.5) is 13.2 Å². The number of aliphatic carboxylic acids is 1. The molecule has 0 spiro atoms. The summed E-state index contributed by atoms with van der Waals surface area (Å²) >= 11 is 0. The second-order valence-corrected chi connectivity index (χ2v) is 5.11. The first-order valence-electron chi connectivity index (χ1n) is 6.45. The van der Waals surface area contributed by atoms with Crippen molar-refractivity contribution in [2.45, 2.75) is 32.5 Å². The molecule has 0 aliphatic carbocycles. The van der Waals surface area contributed by atoms with Gasteiger partial charge in [-0.25, -0.2) is 0 Å². The quantitative estimate of drug-likeness (QED) is 0.945. The largest absolute Gasteiger partial charge is 0.481 e. The van der Waals surface area contributed by atoms with E-state index < -0.39 is 29.6 Å². The first-order valence-corrected chi connectivity index (χ1v) is 6.45. The molecule has 2 aromatic rings. The van der Waals surface area contributed by atoms with Crippen LogP contribution in [0.1, 0.15) is 31.1 Å². The highest BCUT2D eigenvalue weighted by atomic mass is 19.4. The smallest absolute Gasteiger partial charge is 0.416 e. The van der Waals surface area contributed by atoms with Gasteiger partial charge in [-0.05, 0) is 32.0 Å². The van der Waals surface area contributed by atoms with E-state index in [4.69, 9.17) is 5.11 Å². The van der Waals surface area contributed by atoms with Crippen LogP contribution in [0.5, 0.6) is 0 Å². The highest BCUT2D eigenvalue weighted by Gasteiger charge is 2.31. The number of fused-ring (bicyclic) bond motifs is 1. The van der Waals surface area contributed by atoms with Crippen molar-refractivity contribution in [1.82, 2.24) is 9.78 Å². The predicted molar refractivity (Wildman–Crippen MR) is 72.7 cm³/mol. The minimum absolute atomic E-state index is 0.0213. The van der Waals surface area contributed by atoms with Crippen molar-refractivity contribution in [3.63, 3.8) is 0 Å². The Bertz CT molecular complexity index is 794. The summed E-state index contributed by atoms with van der Waals surface area (Å²) in [6.07, 6.45) is -5.12. The fraction of sp³-hybridized carbons (Fsp3) is 0.357. The predicted octanol–water partition coefficient (Wildman–Crippen LogP) is 2.62. The number of carboxylic acid groups (broad SMARTS) is 1. The van der Waals surface area contributed by atoms with Gasteiger partial charge in [-0.1, -0.05) is 0 Å². The Balaban J connectivity index is 2.81. The summed E-state index contributed by atoms with van der Waals surface area (Å²) in [5.74, 6) is -1.23. The number of nitrogens with zero attached hydrogens (tertiary/aromatic N) is 2. The first kappa shape index (κ1) is 16.0. The van der Waals surface area contributed by atoms with Crippen LogP contribution in [0, 0.1) is 0 Å². The third-order valence-electron chi connectivity index (χ3n) is 3.11. The Morgan fingerprint density at radius 2 is 2.00 bits per heavy atom. The van der Waals surface area contributed by atoms with Crippen LogP contribution in [0.2, 0.25) is 0 Å². The number of benzene rings is 1. The molecular formula is C14H13F3N2O3. The van der Waals surface area contributed by atoms with Crippen molar-refractivity contribution in [2.75, 3.05) is 0 Å². The lowest BCUT2D eigenvalue weighted by atomic mass is 10.1. The molecular weight excluding hydrogens is 301 g/mol. The topological polar surface area (TPSA) is 72.2 Å². The third kappa shape index (κ3) is 2.95. The van der Waals surface area contributed by atoms with Gasteiger partial charge in [0.15, 0.2) is 0 Å². The number of halogens is 3. The van der Waals surface area contributed by atoms with E-state index in [9.17, 15) is 22.8 Å². The zero-order valence-electron chi connectivity index (χ0n) is 11.8. The van der Waals surface area contributed by atoms with Crippen molar-refractivity contribution < 1.29 is 23.1 Å². The molecule has 0 radical (unpaired) electrons. The van der Waals surface area contributed by atoms with E-state index in [0.717, 1.165) is 18.2 Å². The van der Waals surface area contributed by atoms with E-state index in [-0.39, 0.29) is 22.6 Å². The molecule has 1 aromatic heterocycles. The molecule has 5 nitrogen and oxygen atoms in total. The number of hydrogen-bond acceptors (Lipinski definition) is 3. The van der Waals surface area contributed by atoms with Gasteiger partial charge in [0.05, 0.1) is 17.5 Å². The summed E-state index contributed by atoms with van der Waals surface area (Å²) in [6, 6.07) is 2.39. The van der Waals surface area contributed by atoms with E-state index in [1.165, 1.54) is 4.68 Å². The summed E-state index contributed by atoms with van der Waals surface area (Å²) in [5, 5.41) is 12.7. The first-order chi connectivity index (χ1) is 10.1. The lowest BCUT2D eigenvalue weighted by Gasteiger charge is -2.16. The molecule has 8 heteroatoms. The number of hydrogen-bond donors (Lipinski definition) is 1. The molecule has 0 saturated heterocycles. The van der Waals surface area contributed by atoms with Crippen LogP contribution in [-0.2, 0) is 17.4 Å². The molecule has 0 aliphatic rings. The van der Waals surface area contributed by atoms with Gasteiger partial charge >= 0.3 is 12.1 Å². The molecule has 1 aromatic carbocycles. The molecule has 0 atom stereocenters. The molecule has 0 unspecified atom stereocenters. The average molecular weight is 314 g/mol. The van der Waals surface area contributed by atoms with Crippen LogP contribution in [0.25, 0.3) is 10.9 Å². The molecule has 0 aliphatic heterocycles.